The number of rotatable bonds is 3. The monoisotopic (exact) mass is 273 g/mol. The van der Waals surface area contributed by atoms with Crippen molar-refractivity contribution in [2.45, 2.75) is 33.4 Å². The van der Waals surface area contributed by atoms with E-state index in [1.54, 1.807) is 0 Å². The number of aryl methyl sites for hydroxylation is 2. The minimum Gasteiger partial charge on any atom is -0.374 e. The Morgan fingerprint density at radius 1 is 1.30 bits per heavy atom. The van der Waals surface area contributed by atoms with Crippen LogP contribution in [0.2, 0.25) is 0 Å². The molecule has 3 rings (SSSR count). The summed E-state index contributed by atoms with van der Waals surface area (Å²) in [5.74, 6) is 0. The zero-order valence-corrected chi connectivity index (χ0v) is 12.6. The second kappa shape index (κ2) is 5.54. The molecule has 1 aliphatic heterocycles. The summed E-state index contributed by atoms with van der Waals surface area (Å²) >= 11 is 0. The van der Waals surface area contributed by atoms with E-state index in [2.05, 4.69) is 47.4 Å². The Morgan fingerprint density at radius 3 is 2.90 bits per heavy atom. The van der Waals surface area contributed by atoms with Crippen molar-refractivity contribution in [3.8, 4) is 0 Å². The minimum atomic E-state index is 0.266. The third kappa shape index (κ3) is 2.58. The first-order chi connectivity index (χ1) is 9.67. The van der Waals surface area contributed by atoms with E-state index >= 15 is 0 Å². The molecule has 1 unspecified atom stereocenters. The van der Waals surface area contributed by atoms with E-state index in [-0.39, 0.29) is 6.10 Å². The topological polar surface area (TPSA) is 30.3 Å². The molecule has 20 heavy (non-hydrogen) atoms. The van der Waals surface area contributed by atoms with E-state index in [0.29, 0.717) is 0 Å². The van der Waals surface area contributed by atoms with Crippen molar-refractivity contribution in [2.24, 2.45) is 0 Å². The van der Waals surface area contributed by atoms with Gasteiger partial charge in [-0.1, -0.05) is 6.92 Å². The molecule has 0 bridgehead atoms. The quantitative estimate of drug-likeness (QED) is 0.860. The van der Waals surface area contributed by atoms with E-state index in [9.17, 15) is 0 Å². The Kier molecular flexibility index (Phi) is 3.76. The molecule has 2 aromatic rings. The van der Waals surface area contributed by atoms with Crippen molar-refractivity contribution in [3.05, 3.63) is 29.6 Å². The number of likely N-dealkylation sites (N-methyl/N-ethyl adjacent to an activating group) is 1. The van der Waals surface area contributed by atoms with Crippen LogP contribution in [0.1, 0.15) is 18.1 Å². The molecule has 0 N–H and O–H groups in total. The molecule has 0 saturated carbocycles. The van der Waals surface area contributed by atoms with Gasteiger partial charge in [-0.25, -0.2) is 4.98 Å². The fourth-order valence-corrected chi connectivity index (χ4v) is 2.86. The van der Waals surface area contributed by atoms with Gasteiger partial charge in [-0.15, -0.1) is 0 Å². The molecule has 108 valence electrons. The lowest BCUT2D eigenvalue weighted by Gasteiger charge is -2.32. The Hall–Kier alpha value is -1.39. The van der Waals surface area contributed by atoms with E-state index in [1.807, 2.05) is 6.33 Å². The summed E-state index contributed by atoms with van der Waals surface area (Å²) in [7, 11) is 0. The van der Waals surface area contributed by atoms with Crippen LogP contribution >= 0.6 is 0 Å². The number of benzene rings is 1. The van der Waals surface area contributed by atoms with Crippen LogP contribution in [0.15, 0.2) is 18.5 Å². The molecule has 1 atom stereocenters. The van der Waals surface area contributed by atoms with Crippen LogP contribution in [0.3, 0.4) is 0 Å². The number of ether oxygens (including phenoxy) is 1. The summed E-state index contributed by atoms with van der Waals surface area (Å²) in [6, 6.07) is 4.40. The second-order valence-corrected chi connectivity index (χ2v) is 5.71. The molecule has 1 saturated heterocycles. The normalized spacial score (nSPS) is 20.6. The van der Waals surface area contributed by atoms with Crippen molar-refractivity contribution in [1.29, 1.82) is 0 Å². The average molecular weight is 273 g/mol. The highest BCUT2D eigenvalue weighted by Crippen LogP contribution is 2.19. The van der Waals surface area contributed by atoms with Crippen LogP contribution in [-0.2, 0) is 11.3 Å². The summed E-state index contributed by atoms with van der Waals surface area (Å²) in [5, 5.41) is 0. The third-order valence-corrected chi connectivity index (χ3v) is 4.31. The fourth-order valence-electron chi connectivity index (χ4n) is 2.86. The highest BCUT2D eigenvalue weighted by molar-refractivity contribution is 5.77. The number of fused-ring (bicyclic) bond motifs is 1. The summed E-state index contributed by atoms with van der Waals surface area (Å²) in [4.78, 5) is 6.97. The summed E-state index contributed by atoms with van der Waals surface area (Å²) in [6.45, 7) is 11.4. The number of aromatic nitrogens is 2. The van der Waals surface area contributed by atoms with Crippen molar-refractivity contribution < 1.29 is 4.74 Å². The first-order valence-corrected chi connectivity index (χ1v) is 7.43. The van der Waals surface area contributed by atoms with E-state index in [4.69, 9.17) is 4.74 Å². The second-order valence-electron chi connectivity index (χ2n) is 5.71. The number of imidazole rings is 1. The predicted molar refractivity (Wildman–Crippen MR) is 81.1 cm³/mol. The van der Waals surface area contributed by atoms with E-state index in [0.717, 1.165) is 38.3 Å². The average Bonchev–Trinajstić information content (AvgIpc) is 2.82. The van der Waals surface area contributed by atoms with Crippen LogP contribution in [0.25, 0.3) is 11.0 Å². The van der Waals surface area contributed by atoms with Gasteiger partial charge in [-0.3, -0.25) is 4.90 Å². The number of hydrogen-bond donors (Lipinski definition) is 0. The van der Waals surface area contributed by atoms with Gasteiger partial charge in [-0.05, 0) is 43.7 Å². The van der Waals surface area contributed by atoms with Crippen LogP contribution in [0, 0.1) is 13.8 Å². The lowest BCUT2D eigenvalue weighted by atomic mass is 10.1. The molecule has 0 amide bonds. The lowest BCUT2D eigenvalue weighted by Crippen LogP contribution is -2.43. The van der Waals surface area contributed by atoms with Gasteiger partial charge in [-0.2, -0.15) is 0 Å². The van der Waals surface area contributed by atoms with Gasteiger partial charge in [0.25, 0.3) is 0 Å². The van der Waals surface area contributed by atoms with Gasteiger partial charge in [0.2, 0.25) is 0 Å². The number of morpholine rings is 1. The van der Waals surface area contributed by atoms with Crippen LogP contribution in [-0.4, -0.2) is 46.8 Å². The maximum Gasteiger partial charge on any atom is 0.0959 e. The molecule has 0 aliphatic carbocycles. The molecule has 0 radical (unpaired) electrons. The Labute approximate surface area is 120 Å². The van der Waals surface area contributed by atoms with Gasteiger partial charge in [0.15, 0.2) is 0 Å². The van der Waals surface area contributed by atoms with E-state index < -0.39 is 0 Å². The first kappa shape index (κ1) is 13.6. The molecular formula is C16H23N3O. The maximum absolute atomic E-state index is 5.90. The zero-order valence-electron chi connectivity index (χ0n) is 12.6. The molecule has 1 aromatic heterocycles. The Morgan fingerprint density at radius 2 is 2.10 bits per heavy atom. The summed E-state index contributed by atoms with van der Waals surface area (Å²) in [6.07, 6.45) is 2.21. The number of nitrogens with zero attached hydrogens (tertiary/aromatic N) is 3. The molecule has 4 heteroatoms. The van der Waals surface area contributed by atoms with Gasteiger partial charge in [0.1, 0.15) is 0 Å². The van der Waals surface area contributed by atoms with Crippen molar-refractivity contribution in [2.75, 3.05) is 26.2 Å². The smallest absolute Gasteiger partial charge is 0.0959 e. The van der Waals surface area contributed by atoms with Crippen LogP contribution in [0.4, 0.5) is 0 Å². The van der Waals surface area contributed by atoms with Gasteiger partial charge in [0, 0.05) is 13.1 Å². The Bertz CT molecular complexity index is 605. The standard InChI is InChI=1S/C16H23N3O/c1-4-18-5-6-20-14(9-18)10-19-11-17-15-7-12(2)13(3)8-16(15)19/h7-8,11,14H,4-6,9-10H2,1-3H3. The van der Waals surface area contributed by atoms with Gasteiger partial charge >= 0.3 is 0 Å². The molecule has 2 heterocycles. The third-order valence-electron chi connectivity index (χ3n) is 4.31. The fraction of sp³-hybridized carbons (Fsp3) is 0.562. The largest absolute Gasteiger partial charge is 0.374 e. The lowest BCUT2D eigenvalue weighted by molar-refractivity contribution is -0.0338. The Balaban J connectivity index is 1.82. The van der Waals surface area contributed by atoms with Crippen molar-refractivity contribution in [1.82, 2.24) is 14.5 Å². The molecule has 4 nitrogen and oxygen atoms in total. The van der Waals surface area contributed by atoms with Crippen molar-refractivity contribution in [3.63, 3.8) is 0 Å². The zero-order chi connectivity index (χ0) is 14.1. The molecule has 1 fully saturated rings. The van der Waals surface area contributed by atoms with Gasteiger partial charge in [0.05, 0.1) is 36.6 Å². The molecule has 1 aliphatic rings. The van der Waals surface area contributed by atoms with Gasteiger partial charge < -0.3 is 9.30 Å². The van der Waals surface area contributed by atoms with Crippen LogP contribution < -0.4 is 0 Å². The van der Waals surface area contributed by atoms with Crippen LogP contribution in [0.5, 0.6) is 0 Å². The number of hydrogen-bond acceptors (Lipinski definition) is 3. The predicted octanol–water partition coefficient (Wildman–Crippen LogP) is 2.37. The SMILES string of the molecule is CCN1CCOC(Cn2cnc3cc(C)c(C)cc32)C1. The highest BCUT2D eigenvalue weighted by Gasteiger charge is 2.20. The van der Waals surface area contributed by atoms with Crippen molar-refractivity contribution >= 4 is 11.0 Å². The summed E-state index contributed by atoms with van der Waals surface area (Å²) < 4.78 is 8.12. The highest BCUT2D eigenvalue weighted by atomic mass is 16.5. The maximum atomic E-state index is 5.90. The molecule has 0 spiro atoms. The minimum absolute atomic E-state index is 0.266. The molecule has 1 aromatic carbocycles. The molecular weight excluding hydrogens is 250 g/mol. The van der Waals surface area contributed by atoms with E-state index in [1.165, 1.54) is 16.6 Å². The first-order valence-electron chi connectivity index (χ1n) is 7.43. The summed E-state index contributed by atoms with van der Waals surface area (Å²) in [5.41, 5.74) is 4.91.